The van der Waals surface area contributed by atoms with E-state index in [1.54, 1.807) is 30.5 Å². The van der Waals surface area contributed by atoms with Crippen molar-refractivity contribution in [3.8, 4) is 17.5 Å². The summed E-state index contributed by atoms with van der Waals surface area (Å²) in [6.45, 7) is 0.163. The van der Waals surface area contributed by atoms with Gasteiger partial charge in [0.05, 0.1) is 17.7 Å². The summed E-state index contributed by atoms with van der Waals surface area (Å²) in [5, 5.41) is 20.4. The third kappa shape index (κ3) is 4.79. The maximum atomic E-state index is 10.2. The molecule has 0 fully saturated rings. The van der Waals surface area contributed by atoms with Crippen LogP contribution in [0.2, 0.25) is 5.02 Å². The van der Waals surface area contributed by atoms with E-state index in [1.807, 2.05) is 35.0 Å². The second-order valence-electron chi connectivity index (χ2n) is 5.47. The molecule has 0 spiro atoms. The zero-order valence-electron chi connectivity index (χ0n) is 13.7. The third-order valence-electron chi connectivity index (χ3n) is 3.52. The molecule has 132 valence electrons. The van der Waals surface area contributed by atoms with Gasteiger partial charge in [0, 0.05) is 28.9 Å². The van der Waals surface area contributed by atoms with Crippen molar-refractivity contribution in [2.24, 2.45) is 0 Å². The highest BCUT2D eigenvalue weighted by Gasteiger charge is 2.11. The van der Waals surface area contributed by atoms with Crippen LogP contribution in [0.1, 0.15) is 5.56 Å². The number of ether oxygens (including phenoxy) is 1. The topological polar surface area (TPSA) is 71.1 Å². The molecule has 0 radical (unpaired) electrons. The first-order valence-corrected chi connectivity index (χ1v) is 9.25. The van der Waals surface area contributed by atoms with E-state index in [0.717, 1.165) is 10.8 Å². The average Bonchev–Trinajstić information content (AvgIpc) is 3.14. The Labute approximate surface area is 160 Å². The lowest BCUT2D eigenvalue weighted by atomic mass is 10.2. The van der Waals surface area contributed by atoms with E-state index >= 15 is 0 Å². The van der Waals surface area contributed by atoms with Crippen LogP contribution in [0, 0.1) is 11.3 Å². The molecule has 3 rings (SSSR count). The van der Waals surface area contributed by atoms with E-state index in [-0.39, 0.29) is 6.61 Å². The highest BCUT2D eigenvalue weighted by atomic mass is 35.5. The van der Waals surface area contributed by atoms with Gasteiger partial charge < -0.3 is 9.84 Å². The summed E-state index contributed by atoms with van der Waals surface area (Å²) in [6.07, 6.45) is 2.91. The zero-order valence-corrected chi connectivity index (χ0v) is 15.3. The Morgan fingerprint density at radius 2 is 2.08 bits per heavy atom. The van der Waals surface area contributed by atoms with Crippen molar-refractivity contribution in [3.05, 3.63) is 71.5 Å². The predicted molar refractivity (Wildman–Crippen MR) is 102 cm³/mol. The third-order valence-corrected chi connectivity index (χ3v) is 4.87. The Kier molecular flexibility index (Phi) is 6.18. The molecule has 0 aliphatic rings. The number of hydrogen-bond acceptors (Lipinski definition) is 5. The van der Waals surface area contributed by atoms with Crippen molar-refractivity contribution in [3.63, 3.8) is 0 Å². The van der Waals surface area contributed by atoms with Crippen molar-refractivity contribution >= 4 is 23.4 Å². The van der Waals surface area contributed by atoms with Crippen LogP contribution in [0.4, 0.5) is 0 Å². The summed E-state index contributed by atoms with van der Waals surface area (Å²) in [5.74, 6) is 1.06. The minimum Gasteiger partial charge on any atom is -0.491 e. The van der Waals surface area contributed by atoms with Crippen LogP contribution >= 0.6 is 23.4 Å². The number of imidazole rings is 1. The lowest BCUT2D eigenvalue weighted by Gasteiger charge is -2.13. The maximum absolute atomic E-state index is 10.2. The number of aromatic nitrogens is 2. The quantitative estimate of drug-likeness (QED) is 0.624. The Bertz CT molecular complexity index is 906. The van der Waals surface area contributed by atoms with Gasteiger partial charge in [0.1, 0.15) is 12.4 Å². The second kappa shape index (κ2) is 8.77. The highest BCUT2D eigenvalue weighted by molar-refractivity contribution is 7.99. The SMILES string of the molecule is N#Cc1ccc(OCC(O)CSc2nccn2-c2cccc(Cl)c2)cc1. The van der Waals surface area contributed by atoms with Gasteiger partial charge >= 0.3 is 0 Å². The fourth-order valence-corrected chi connectivity index (χ4v) is 3.32. The first kappa shape index (κ1) is 18.3. The van der Waals surface area contributed by atoms with Gasteiger partial charge in [-0.3, -0.25) is 4.57 Å². The summed E-state index contributed by atoms with van der Waals surface area (Å²) in [7, 11) is 0. The average molecular weight is 386 g/mol. The fourth-order valence-electron chi connectivity index (χ4n) is 2.26. The highest BCUT2D eigenvalue weighted by Crippen LogP contribution is 2.23. The van der Waals surface area contributed by atoms with Crippen LogP contribution in [-0.2, 0) is 0 Å². The van der Waals surface area contributed by atoms with Gasteiger partial charge in [0.25, 0.3) is 0 Å². The molecular weight excluding hydrogens is 370 g/mol. The van der Waals surface area contributed by atoms with Crippen LogP contribution in [0.25, 0.3) is 5.69 Å². The molecule has 1 aromatic heterocycles. The minimum absolute atomic E-state index is 0.163. The van der Waals surface area contributed by atoms with Crippen LogP contribution in [0.3, 0.4) is 0 Å². The van der Waals surface area contributed by atoms with Gasteiger partial charge in [0.15, 0.2) is 5.16 Å². The Hall–Kier alpha value is -2.46. The van der Waals surface area contributed by atoms with E-state index in [4.69, 9.17) is 21.6 Å². The van der Waals surface area contributed by atoms with E-state index in [9.17, 15) is 5.11 Å². The van der Waals surface area contributed by atoms with Gasteiger partial charge in [0.2, 0.25) is 0 Å². The number of thioether (sulfide) groups is 1. The summed E-state index contributed by atoms with van der Waals surface area (Å²) in [4.78, 5) is 4.33. The fraction of sp³-hybridized carbons (Fsp3) is 0.158. The summed E-state index contributed by atoms with van der Waals surface area (Å²) >= 11 is 7.48. The number of aliphatic hydroxyl groups excluding tert-OH is 1. The lowest BCUT2D eigenvalue weighted by molar-refractivity contribution is 0.126. The number of halogens is 1. The molecule has 3 aromatic rings. The van der Waals surface area contributed by atoms with Crippen molar-refractivity contribution < 1.29 is 9.84 Å². The molecule has 0 bridgehead atoms. The van der Waals surface area contributed by atoms with E-state index in [2.05, 4.69) is 11.1 Å². The Balaban J connectivity index is 1.54. The normalized spacial score (nSPS) is 11.7. The molecule has 0 aliphatic carbocycles. The molecule has 1 unspecified atom stereocenters. The lowest BCUT2D eigenvalue weighted by Crippen LogP contribution is -2.20. The molecule has 1 heterocycles. The Morgan fingerprint density at radius 1 is 1.27 bits per heavy atom. The molecule has 7 heteroatoms. The first-order chi connectivity index (χ1) is 12.7. The number of benzene rings is 2. The molecule has 0 amide bonds. The summed E-state index contributed by atoms with van der Waals surface area (Å²) in [5.41, 5.74) is 1.49. The molecule has 1 N–H and O–H groups in total. The number of nitriles is 1. The Morgan fingerprint density at radius 3 is 2.81 bits per heavy atom. The van der Waals surface area contributed by atoms with E-state index < -0.39 is 6.10 Å². The smallest absolute Gasteiger partial charge is 0.172 e. The standard InChI is InChI=1S/C19H16ClN3O2S/c20-15-2-1-3-16(10-15)23-9-8-22-19(23)26-13-17(24)12-25-18-6-4-14(11-21)5-7-18/h1-10,17,24H,12-13H2. The predicted octanol–water partition coefficient (Wildman–Crippen LogP) is 3.93. The first-order valence-electron chi connectivity index (χ1n) is 7.89. The van der Waals surface area contributed by atoms with E-state index in [0.29, 0.717) is 22.1 Å². The van der Waals surface area contributed by atoms with Gasteiger partial charge in [-0.1, -0.05) is 29.4 Å². The molecule has 26 heavy (non-hydrogen) atoms. The van der Waals surface area contributed by atoms with E-state index in [1.165, 1.54) is 11.8 Å². The van der Waals surface area contributed by atoms with Crippen LogP contribution in [0.15, 0.2) is 66.1 Å². The van der Waals surface area contributed by atoms with Crippen molar-refractivity contribution in [2.75, 3.05) is 12.4 Å². The van der Waals surface area contributed by atoms with Crippen molar-refractivity contribution in [2.45, 2.75) is 11.3 Å². The number of rotatable bonds is 7. The molecule has 2 aromatic carbocycles. The maximum Gasteiger partial charge on any atom is 0.172 e. The number of hydrogen-bond donors (Lipinski definition) is 1. The zero-order chi connectivity index (χ0) is 18.4. The van der Waals surface area contributed by atoms with Gasteiger partial charge in [-0.25, -0.2) is 4.98 Å². The largest absolute Gasteiger partial charge is 0.491 e. The van der Waals surface area contributed by atoms with Crippen LogP contribution in [-0.4, -0.2) is 33.1 Å². The van der Waals surface area contributed by atoms with Gasteiger partial charge in [-0.2, -0.15) is 5.26 Å². The van der Waals surface area contributed by atoms with Gasteiger partial charge in [-0.15, -0.1) is 0 Å². The monoisotopic (exact) mass is 385 g/mol. The molecule has 1 atom stereocenters. The van der Waals surface area contributed by atoms with Crippen LogP contribution < -0.4 is 4.74 Å². The van der Waals surface area contributed by atoms with Crippen molar-refractivity contribution in [1.82, 2.24) is 9.55 Å². The summed E-state index contributed by atoms with van der Waals surface area (Å²) in [6, 6.07) is 16.3. The second-order valence-corrected chi connectivity index (χ2v) is 6.90. The summed E-state index contributed by atoms with van der Waals surface area (Å²) < 4.78 is 7.47. The molecule has 5 nitrogen and oxygen atoms in total. The molecule has 0 saturated heterocycles. The molecule has 0 saturated carbocycles. The molecule has 0 aliphatic heterocycles. The number of aliphatic hydroxyl groups is 1. The van der Waals surface area contributed by atoms with Gasteiger partial charge in [-0.05, 0) is 42.5 Å². The van der Waals surface area contributed by atoms with Crippen molar-refractivity contribution in [1.29, 1.82) is 5.26 Å². The van der Waals surface area contributed by atoms with Crippen LogP contribution in [0.5, 0.6) is 5.75 Å². The molecular formula is C19H16ClN3O2S. The minimum atomic E-state index is -0.653. The number of nitrogens with zero attached hydrogens (tertiary/aromatic N) is 3.